The van der Waals surface area contributed by atoms with Crippen LogP contribution in [0.4, 0.5) is 5.00 Å². The van der Waals surface area contributed by atoms with Gasteiger partial charge in [-0.3, -0.25) is 14.4 Å². The van der Waals surface area contributed by atoms with Crippen LogP contribution in [0, 0.1) is 12.8 Å². The molecule has 28 heavy (non-hydrogen) atoms. The summed E-state index contributed by atoms with van der Waals surface area (Å²) in [6, 6.07) is 0. The van der Waals surface area contributed by atoms with Crippen molar-refractivity contribution >= 4 is 40.1 Å². The predicted molar refractivity (Wildman–Crippen MR) is 105 cm³/mol. The molecule has 0 radical (unpaired) electrons. The molecule has 1 aromatic heterocycles. The van der Waals surface area contributed by atoms with E-state index in [-0.39, 0.29) is 35.0 Å². The van der Waals surface area contributed by atoms with Crippen LogP contribution < -0.4 is 5.32 Å². The molecule has 1 fully saturated rings. The van der Waals surface area contributed by atoms with Crippen molar-refractivity contribution in [2.45, 2.75) is 39.5 Å². The van der Waals surface area contributed by atoms with Crippen LogP contribution in [0.25, 0.3) is 0 Å². The van der Waals surface area contributed by atoms with Crippen LogP contribution in [0.2, 0.25) is 0 Å². The first-order valence-electron chi connectivity index (χ1n) is 9.24. The molecule has 1 aliphatic carbocycles. The smallest absolute Gasteiger partial charge is 0.341 e. The fourth-order valence-electron chi connectivity index (χ4n) is 3.04. The Hall–Kier alpha value is -2.42. The molecule has 9 heteroatoms. The van der Waals surface area contributed by atoms with Crippen LogP contribution in [0.5, 0.6) is 0 Å². The second kappa shape index (κ2) is 9.68. The van der Waals surface area contributed by atoms with Crippen LogP contribution in [-0.2, 0) is 19.1 Å². The molecule has 1 saturated carbocycles. The van der Waals surface area contributed by atoms with Gasteiger partial charge in [0.2, 0.25) is 0 Å². The first-order chi connectivity index (χ1) is 13.3. The molecule has 1 aromatic rings. The Morgan fingerprint density at radius 2 is 1.79 bits per heavy atom. The van der Waals surface area contributed by atoms with E-state index >= 15 is 0 Å². The van der Waals surface area contributed by atoms with Crippen LogP contribution in [0.1, 0.15) is 58.2 Å². The number of anilines is 1. The minimum atomic E-state index is -0.618. The van der Waals surface area contributed by atoms with Gasteiger partial charge in [-0.2, -0.15) is 0 Å². The number of esters is 2. The van der Waals surface area contributed by atoms with Gasteiger partial charge in [0, 0.05) is 14.1 Å². The molecule has 154 valence electrons. The zero-order valence-corrected chi connectivity index (χ0v) is 17.4. The second-order valence-electron chi connectivity index (χ2n) is 6.82. The lowest BCUT2D eigenvalue weighted by atomic mass is 10.1. The molecule has 1 heterocycles. The fraction of sp³-hybridized carbons (Fsp3) is 0.579. The molecule has 0 aliphatic heterocycles. The number of rotatable bonds is 7. The van der Waals surface area contributed by atoms with E-state index in [0.717, 1.165) is 37.0 Å². The van der Waals surface area contributed by atoms with Crippen molar-refractivity contribution < 1.29 is 28.7 Å². The summed E-state index contributed by atoms with van der Waals surface area (Å²) in [4.78, 5) is 50.6. The van der Waals surface area contributed by atoms with E-state index in [4.69, 9.17) is 9.47 Å². The highest BCUT2D eigenvalue weighted by molar-refractivity contribution is 7.18. The summed E-state index contributed by atoms with van der Waals surface area (Å²) in [6.07, 6.45) is 3.55. The van der Waals surface area contributed by atoms with E-state index in [1.807, 2.05) is 0 Å². The monoisotopic (exact) mass is 410 g/mol. The quantitative estimate of drug-likeness (QED) is 0.693. The van der Waals surface area contributed by atoms with Crippen molar-refractivity contribution in [2.24, 2.45) is 5.92 Å². The predicted octanol–water partition coefficient (Wildman–Crippen LogP) is 2.61. The maximum absolute atomic E-state index is 12.4. The zero-order chi connectivity index (χ0) is 20.8. The zero-order valence-electron chi connectivity index (χ0n) is 16.6. The molecule has 0 aromatic carbocycles. The van der Waals surface area contributed by atoms with Crippen LogP contribution in [-0.4, -0.2) is 56.0 Å². The first kappa shape index (κ1) is 21.9. The van der Waals surface area contributed by atoms with Crippen LogP contribution in [0.15, 0.2) is 0 Å². The van der Waals surface area contributed by atoms with Crippen molar-refractivity contribution in [3.05, 3.63) is 16.0 Å². The third-order valence-electron chi connectivity index (χ3n) is 4.51. The number of hydrogen-bond donors (Lipinski definition) is 1. The van der Waals surface area contributed by atoms with E-state index in [1.165, 1.54) is 4.90 Å². The maximum atomic E-state index is 12.4. The number of amides is 2. The Balaban J connectivity index is 2.14. The minimum absolute atomic E-state index is 0.142. The van der Waals surface area contributed by atoms with Crippen molar-refractivity contribution in [1.82, 2.24) is 4.90 Å². The van der Waals surface area contributed by atoms with Gasteiger partial charge < -0.3 is 19.7 Å². The molecule has 8 nitrogen and oxygen atoms in total. The summed E-state index contributed by atoms with van der Waals surface area (Å²) in [5.41, 5.74) is 0.591. The van der Waals surface area contributed by atoms with Crippen molar-refractivity contribution in [2.75, 3.05) is 32.6 Å². The Kier molecular flexibility index (Phi) is 7.56. The van der Waals surface area contributed by atoms with Gasteiger partial charge in [0.1, 0.15) is 5.00 Å². The van der Waals surface area contributed by atoms with Crippen LogP contribution in [0.3, 0.4) is 0 Å². The highest BCUT2D eigenvalue weighted by Crippen LogP contribution is 2.34. The normalized spacial score (nSPS) is 13.9. The van der Waals surface area contributed by atoms with Gasteiger partial charge in [0.05, 0.1) is 23.0 Å². The molecule has 1 N–H and O–H groups in total. The molecule has 2 amide bonds. The summed E-state index contributed by atoms with van der Waals surface area (Å²) in [5.74, 6) is -1.98. The highest BCUT2D eigenvalue weighted by atomic mass is 32.1. The molecule has 0 spiro atoms. The number of carbonyl (C=O) groups is 4. The van der Waals surface area contributed by atoms with Gasteiger partial charge in [-0.25, -0.2) is 4.79 Å². The van der Waals surface area contributed by atoms with Crippen molar-refractivity contribution in [1.29, 1.82) is 0 Å². The van der Waals surface area contributed by atoms with E-state index < -0.39 is 18.5 Å². The summed E-state index contributed by atoms with van der Waals surface area (Å²) >= 11 is 1.00. The number of thiophene rings is 1. The van der Waals surface area contributed by atoms with Gasteiger partial charge in [0.15, 0.2) is 6.61 Å². The lowest BCUT2D eigenvalue weighted by Crippen LogP contribution is -2.24. The standard InChI is InChI=1S/C19H26N2O6S/c1-5-26-19(25)14-11(2)15(17(23)21(3)4)28-16(14)20-13(22)10-27-18(24)12-8-6-7-9-12/h12H,5-10H2,1-4H3,(H,20,22). The number of ether oxygens (including phenoxy) is 2. The number of nitrogens with one attached hydrogen (secondary N) is 1. The topological polar surface area (TPSA) is 102 Å². The molecule has 0 saturated heterocycles. The van der Waals surface area contributed by atoms with Gasteiger partial charge in [-0.05, 0) is 32.3 Å². The van der Waals surface area contributed by atoms with Crippen molar-refractivity contribution in [3.8, 4) is 0 Å². The minimum Gasteiger partial charge on any atom is -0.462 e. The lowest BCUT2D eigenvalue weighted by Gasteiger charge is -2.10. The molecule has 0 unspecified atom stereocenters. The van der Waals surface area contributed by atoms with Gasteiger partial charge >= 0.3 is 11.9 Å². The maximum Gasteiger partial charge on any atom is 0.341 e. The summed E-state index contributed by atoms with van der Waals surface area (Å²) in [7, 11) is 3.21. The Labute approximate surface area is 168 Å². The molecular formula is C19H26N2O6S. The van der Waals surface area contributed by atoms with E-state index in [0.29, 0.717) is 10.4 Å². The van der Waals surface area contributed by atoms with E-state index in [9.17, 15) is 19.2 Å². The Bertz CT molecular complexity index is 765. The number of carbonyl (C=O) groups excluding carboxylic acids is 4. The third kappa shape index (κ3) is 5.09. The third-order valence-corrected chi connectivity index (χ3v) is 5.71. The Morgan fingerprint density at radius 1 is 1.14 bits per heavy atom. The molecule has 0 atom stereocenters. The first-order valence-corrected chi connectivity index (χ1v) is 10.1. The molecular weight excluding hydrogens is 384 g/mol. The summed E-state index contributed by atoms with van der Waals surface area (Å²) in [6.45, 7) is 3.03. The number of nitrogens with zero attached hydrogens (tertiary/aromatic N) is 1. The van der Waals surface area contributed by atoms with E-state index in [2.05, 4.69) is 5.32 Å². The SMILES string of the molecule is CCOC(=O)c1c(NC(=O)COC(=O)C2CCCC2)sc(C(=O)N(C)C)c1C. The lowest BCUT2D eigenvalue weighted by molar-refractivity contribution is -0.151. The Morgan fingerprint density at radius 3 is 2.36 bits per heavy atom. The summed E-state index contributed by atoms with van der Waals surface area (Å²) in [5, 5.41) is 2.79. The van der Waals surface area contributed by atoms with Gasteiger partial charge in [0.25, 0.3) is 11.8 Å². The van der Waals surface area contributed by atoms with Gasteiger partial charge in [-0.1, -0.05) is 12.8 Å². The van der Waals surface area contributed by atoms with Crippen LogP contribution >= 0.6 is 11.3 Å². The average molecular weight is 410 g/mol. The second-order valence-corrected chi connectivity index (χ2v) is 7.84. The average Bonchev–Trinajstić information content (AvgIpc) is 3.27. The van der Waals surface area contributed by atoms with E-state index in [1.54, 1.807) is 27.9 Å². The van der Waals surface area contributed by atoms with Crippen molar-refractivity contribution in [3.63, 3.8) is 0 Å². The largest absolute Gasteiger partial charge is 0.462 e. The fourth-order valence-corrected chi connectivity index (χ4v) is 4.27. The molecule has 1 aliphatic rings. The summed E-state index contributed by atoms with van der Waals surface area (Å²) < 4.78 is 10.1. The number of hydrogen-bond acceptors (Lipinski definition) is 7. The van der Waals surface area contributed by atoms with Gasteiger partial charge in [-0.15, -0.1) is 11.3 Å². The highest BCUT2D eigenvalue weighted by Gasteiger charge is 2.28. The molecule has 2 rings (SSSR count). The molecule has 0 bridgehead atoms.